The lowest BCUT2D eigenvalue weighted by Crippen LogP contribution is -2.46. The minimum atomic E-state index is -0.575. The first-order valence-electron chi connectivity index (χ1n) is 9.35. The van der Waals surface area contributed by atoms with E-state index in [1.54, 1.807) is 31.0 Å². The highest BCUT2D eigenvalue weighted by Crippen LogP contribution is 2.16. The first kappa shape index (κ1) is 21.8. The summed E-state index contributed by atoms with van der Waals surface area (Å²) in [5.41, 5.74) is 2.05. The van der Waals surface area contributed by atoms with Gasteiger partial charge in [-0.3, -0.25) is 9.59 Å². The zero-order valence-electron chi connectivity index (χ0n) is 16.6. The number of nitrogens with zero attached hydrogens (tertiary/aromatic N) is 1. The Balaban J connectivity index is 1.95. The average Bonchev–Trinajstić information content (AvgIpc) is 2.69. The van der Waals surface area contributed by atoms with Crippen LogP contribution in [-0.2, 0) is 16.1 Å². The monoisotopic (exact) mass is 402 g/mol. The highest BCUT2D eigenvalue weighted by atomic mass is 35.5. The molecule has 2 amide bonds. The van der Waals surface area contributed by atoms with Gasteiger partial charge in [-0.25, -0.2) is 0 Å². The van der Waals surface area contributed by atoms with Crippen molar-refractivity contribution >= 4 is 23.4 Å². The van der Waals surface area contributed by atoms with E-state index in [9.17, 15) is 9.59 Å². The summed E-state index contributed by atoms with van der Waals surface area (Å²) in [4.78, 5) is 26.5. The molecule has 150 valence electrons. The van der Waals surface area contributed by atoms with E-state index in [2.05, 4.69) is 5.32 Å². The van der Waals surface area contributed by atoms with E-state index in [4.69, 9.17) is 16.3 Å². The predicted molar refractivity (Wildman–Crippen MR) is 111 cm³/mol. The topological polar surface area (TPSA) is 58.6 Å². The molecule has 0 saturated carbocycles. The van der Waals surface area contributed by atoms with E-state index < -0.39 is 6.04 Å². The third-order valence-electron chi connectivity index (χ3n) is 4.48. The fraction of sp³-hybridized carbons (Fsp3) is 0.364. The number of aryl methyl sites for hydroxylation is 1. The summed E-state index contributed by atoms with van der Waals surface area (Å²) in [6, 6.07) is 14.5. The van der Waals surface area contributed by atoms with Crippen LogP contribution in [0.15, 0.2) is 48.5 Å². The summed E-state index contributed by atoms with van der Waals surface area (Å²) >= 11 is 6.05. The fourth-order valence-electron chi connectivity index (χ4n) is 2.82. The molecule has 0 aliphatic carbocycles. The van der Waals surface area contributed by atoms with Gasteiger partial charge in [-0.05, 0) is 50.1 Å². The van der Waals surface area contributed by atoms with Crippen LogP contribution in [0, 0.1) is 6.92 Å². The van der Waals surface area contributed by atoms with E-state index in [0.29, 0.717) is 31.0 Å². The van der Waals surface area contributed by atoms with Crippen LogP contribution < -0.4 is 10.1 Å². The lowest BCUT2D eigenvalue weighted by molar-refractivity contribution is -0.140. The number of carbonyl (C=O) groups excluding carboxylic acids is 2. The maximum atomic E-state index is 12.8. The van der Waals surface area contributed by atoms with Crippen molar-refractivity contribution in [3.8, 4) is 5.75 Å². The Hall–Kier alpha value is -2.53. The van der Waals surface area contributed by atoms with Crippen LogP contribution in [0.5, 0.6) is 5.75 Å². The van der Waals surface area contributed by atoms with Gasteiger partial charge >= 0.3 is 0 Å². The molecule has 28 heavy (non-hydrogen) atoms. The zero-order chi connectivity index (χ0) is 20.5. The van der Waals surface area contributed by atoms with Crippen molar-refractivity contribution in [2.45, 2.75) is 39.3 Å². The van der Waals surface area contributed by atoms with Crippen LogP contribution >= 0.6 is 11.6 Å². The summed E-state index contributed by atoms with van der Waals surface area (Å²) in [7, 11) is 1.57. The Kier molecular flexibility index (Phi) is 8.33. The van der Waals surface area contributed by atoms with E-state index in [1.165, 1.54) is 5.56 Å². The summed E-state index contributed by atoms with van der Waals surface area (Å²) in [6.45, 7) is 4.51. The molecule has 0 aromatic heterocycles. The van der Waals surface area contributed by atoms with Crippen molar-refractivity contribution in [3.63, 3.8) is 0 Å². The molecule has 0 bridgehead atoms. The summed E-state index contributed by atoms with van der Waals surface area (Å²) in [5, 5.41) is 3.21. The molecule has 0 fully saturated rings. The van der Waals surface area contributed by atoms with Gasteiger partial charge in [0.05, 0.1) is 6.61 Å². The largest absolute Gasteiger partial charge is 0.494 e. The Morgan fingerprint density at radius 1 is 1.18 bits per heavy atom. The van der Waals surface area contributed by atoms with Crippen LogP contribution in [-0.4, -0.2) is 36.4 Å². The Bertz CT molecular complexity index is 793. The maximum absolute atomic E-state index is 12.8. The van der Waals surface area contributed by atoms with E-state index in [-0.39, 0.29) is 11.8 Å². The van der Waals surface area contributed by atoms with Gasteiger partial charge in [-0.2, -0.15) is 0 Å². The third kappa shape index (κ3) is 6.57. The van der Waals surface area contributed by atoms with Crippen molar-refractivity contribution in [1.29, 1.82) is 0 Å². The third-order valence-corrected chi connectivity index (χ3v) is 4.72. The molecule has 0 heterocycles. The molecule has 0 radical (unpaired) electrons. The molecule has 0 saturated heterocycles. The molecular formula is C22H27ClN2O3. The first-order chi connectivity index (χ1) is 13.4. The van der Waals surface area contributed by atoms with E-state index in [1.807, 2.05) is 43.3 Å². The van der Waals surface area contributed by atoms with Crippen molar-refractivity contribution < 1.29 is 14.3 Å². The molecule has 1 atom stereocenters. The van der Waals surface area contributed by atoms with Crippen LogP contribution in [0.3, 0.4) is 0 Å². The van der Waals surface area contributed by atoms with E-state index in [0.717, 1.165) is 11.3 Å². The number of amides is 2. The Morgan fingerprint density at radius 2 is 1.89 bits per heavy atom. The molecule has 6 heteroatoms. The quantitative estimate of drug-likeness (QED) is 0.645. The van der Waals surface area contributed by atoms with Crippen molar-refractivity contribution in [2.75, 3.05) is 13.7 Å². The number of nitrogens with one attached hydrogen (secondary N) is 1. The fourth-order valence-corrected chi connectivity index (χ4v) is 3.03. The minimum absolute atomic E-state index is 0.0939. The smallest absolute Gasteiger partial charge is 0.242 e. The molecule has 0 aliphatic rings. The number of rotatable bonds is 9. The van der Waals surface area contributed by atoms with Crippen LogP contribution in [0.25, 0.3) is 0 Å². The van der Waals surface area contributed by atoms with Crippen molar-refractivity contribution in [2.24, 2.45) is 0 Å². The van der Waals surface area contributed by atoms with Crippen LogP contribution in [0.1, 0.15) is 30.9 Å². The zero-order valence-corrected chi connectivity index (χ0v) is 17.3. The standard InChI is InChI=1S/C22H27ClN2O3/c1-16-9-11-20(12-10-16)28-13-5-8-21(26)25(17(2)22(27)24-3)15-18-6-4-7-19(23)14-18/h4,6-7,9-12,14,17H,5,8,13,15H2,1-3H3,(H,24,27). The molecule has 0 spiro atoms. The Morgan fingerprint density at radius 3 is 2.54 bits per heavy atom. The van der Waals surface area contributed by atoms with Gasteiger partial charge in [0.1, 0.15) is 11.8 Å². The van der Waals surface area contributed by atoms with Gasteiger partial charge in [-0.15, -0.1) is 0 Å². The first-order valence-corrected chi connectivity index (χ1v) is 9.73. The highest BCUT2D eigenvalue weighted by Gasteiger charge is 2.25. The van der Waals surface area contributed by atoms with Crippen LogP contribution in [0.2, 0.25) is 5.02 Å². The van der Waals surface area contributed by atoms with Crippen molar-refractivity contribution in [1.82, 2.24) is 10.2 Å². The molecule has 2 rings (SSSR count). The second-order valence-electron chi connectivity index (χ2n) is 6.71. The second kappa shape index (κ2) is 10.7. The molecule has 2 aromatic carbocycles. The van der Waals surface area contributed by atoms with Crippen LogP contribution in [0.4, 0.5) is 0 Å². The second-order valence-corrected chi connectivity index (χ2v) is 7.14. The number of hydrogen-bond donors (Lipinski definition) is 1. The van der Waals surface area contributed by atoms with Gasteiger partial charge in [0, 0.05) is 25.0 Å². The SMILES string of the molecule is CNC(=O)C(C)N(Cc1cccc(Cl)c1)C(=O)CCCOc1ccc(C)cc1. The van der Waals surface area contributed by atoms with Gasteiger partial charge in [-0.1, -0.05) is 41.4 Å². The predicted octanol–water partition coefficient (Wildman–Crippen LogP) is 3.97. The molecule has 0 aliphatic heterocycles. The van der Waals surface area contributed by atoms with Gasteiger partial charge in [0.25, 0.3) is 0 Å². The number of carbonyl (C=O) groups is 2. The number of halogens is 1. The summed E-state index contributed by atoms with van der Waals surface area (Å²) in [6.07, 6.45) is 0.868. The number of hydrogen-bond acceptors (Lipinski definition) is 3. The molecule has 5 nitrogen and oxygen atoms in total. The maximum Gasteiger partial charge on any atom is 0.242 e. The van der Waals surface area contributed by atoms with E-state index >= 15 is 0 Å². The van der Waals surface area contributed by atoms with Gasteiger partial charge < -0.3 is 15.0 Å². The number of likely N-dealkylation sites (N-methyl/N-ethyl adjacent to an activating group) is 1. The molecule has 1 N–H and O–H groups in total. The molecular weight excluding hydrogens is 376 g/mol. The van der Waals surface area contributed by atoms with Gasteiger partial charge in [0.2, 0.25) is 11.8 Å². The van der Waals surface area contributed by atoms with Gasteiger partial charge in [0.15, 0.2) is 0 Å². The highest BCUT2D eigenvalue weighted by molar-refractivity contribution is 6.30. The summed E-state index contributed by atoms with van der Waals surface area (Å²) < 4.78 is 5.69. The van der Waals surface area contributed by atoms with Crippen molar-refractivity contribution in [3.05, 3.63) is 64.7 Å². The molecule has 1 unspecified atom stereocenters. The molecule has 2 aromatic rings. The minimum Gasteiger partial charge on any atom is -0.494 e. The average molecular weight is 403 g/mol. The lowest BCUT2D eigenvalue weighted by Gasteiger charge is -2.28. The lowest BCUT2D eigenvalue weighted by atomic mass is 10.1. The number of benzene rings is 2. The summed E-state index contributed by atoms with van der Waals surface area (Å²) in [5.74, 6) is 0.488. The Labute approximate surface area is 171 Å². The normalized spacial score (nSPS) is 11.6. The number of ether oxygens (including phenoxy) is 1.